The number of benzene rings is 1. The average molecular weight is 412 g/mol. The van der Waals surface area contributed by atoms with Crippen molar-refractivity contribution in [3.8, 4) is 11.4 Å². The smallest absolute Gasteiger partial charge is 0.410 e. The molecular formula is C21H28N6O3. The third-order valence-electron chi connectivity index (χ3n) is 4.93. The Labute approximate surface area is 175 Å². The standard InChI is InChI=1S/C21H28N6O3/c1-14(2)27-13-16-7-6-15(12-17(16)23-27)18-22-19(30-24-18)25-8-10-26(11-9-25)20(28)29-21(3,4)5/h6-7,12-14H,8-11H2,1-5H3. The van der Waals surface area contributed by atoms with E-state index in [2.05, 4.69) is 29.1 Å². The number of rotatable bonds is 3. The molecule has 1 aliphatic heterocycles. The van der Waals surface area contributed by atoms with Crippen LogP contribution in [0.2, 0.25) is 0 Å². The summed E-state index contributed by atoms with van der Waals surface area (Å²) in [5.74, 6) is 0.528. The minimum absolute atomic E-state index is 0.289. The Morgan fingerprint density at radius 3 is 2.57 bits per heavy atom. The molecule has 1 aromatic carbocycles. The summed E-state index contributed by atoms with van der Waals surface area (Å²) in [5.41, 5.74) is 1.26. The first kappa shape index (κ1) is 20.2. The zero-order chi connectivity index (χ0) is 21.5. The molecule has 3 aromatic rings. The number of carbonyl (C=O) groups is 1. The van der Waals surface area contributed by atoms with Gasteiger partial charge in [-0.15, -0.1) is 0 Å². The lowest BCUT2D eigenvalue weighted by Gasteiger charge is -2.34. The van der Waals surface area contributed by atoms with Gasteiger partial charge < -0.3 is 19.1 Å². The summed E-state index contributed by atoms with van der Waals surface area (Å²) in [6.07, 6.45) is 1.75. The fourth-order valence-corrected chi connectivity index (χ4v) is 3.31. The predicted molar refractivity (Wildman–Crippen MR) is 113 cm³/mol. The van der Waals surface area contributed by atoms with Crippen molar-refractivity contribution in [1.29, 1.82) is 0 Å². The van der Waals surface area contributed by atoms with Crippen molar-refractivity contribution in [1.82, 2.24) is 24.8 Å². The highest BCUT2D eigenvalue weighted by Gasteiger charge is 2.28. The molecule has 1 saturated heterocycles. The maximum atomic E-state index is 12.2. The Kier molecular flexibility index (Phi) is 5.13. The van der Waals surface area contributed by atoms with Gasteiger partial charge in [0.15, 0.2) is 0 Å². The van der Waals surface area contributed by atoms with E-state index in [9.17, 15) is 4.79 Å². The van der Waals surface area contributed by atoms with Crippen LogP contribution in [0.5, 0.6) is 0 Å². The molecule has 1 amide bonds. The van der Waals surface area contributed by atoms with Crippen molar-refractivity contribution in [3.05, 3.63) is 24.4 Å². The number of hydrogen-bond donors (Lipinski definition) is 0. The number of ether oxygens (including phenoxy) is 1. The number of piperazine rings is 1. The van der Waals surface area contributed by atoms with Crippen LogP contribution in [-0.4, -0.2) is 62.7 Å². The summed E-state index contributed by atoms with van der Waals surface area (Å²) < 4.78 is 12.9. The van der Waals surface area contributed by atoms with Gasteiger partial charge in [-0.05, 0) is 40.7 Å². The van der Waals surface area contributed by atoms with Gasteiger partial charge in [0.1, 0.15) is 5.60 Å². The van der Waals surface area contributed by atoms with Crippen molar-refractivity contribution in [2.75, 3.05) is 31.1 Å². The highest BCUT2D eigenvalue weighted by atomic mass is 16.6. The number of amides is 1. The molecule has 0 saturated carbocycles. The summed E-state index contributed by atoms with van der Waals surface area (Å²) >= 11 is 0. The van der Waals surface area contributed by atoms with Crippen LogP contribution in [0.25, 0.3) is 22.3 Å². The van der Waals surface area contributed by atoms with Crippen LogP contribution in [0.3, 0.4) is 0 Å². The molecule has 1 aliphatic rings. The van der Waals surface area contributed by atoms with Crippen molar-refractivity contribution < 1.29 is 14.1 Å². The molecule has 0 bridgehead atoms. The molecule has 9 nitrogen and oxygen atoms in total. The van der Waals surface area contributed by atoms with Crippen LogP contribution < -0.4 is 4.90 Å². The van der Waals surface area contributed by atoms with E-state index in [1.807, 2.05) is 54.7 Å². The molecule has 1 fully saturated rings. The lowest BCUT2D eigenvalue weighted by atomic mass is 10.1. The van der Waals surface area contributed by atoms with Gasteiger partial charge >= 0.3 is 12.1 Å². The monoisotopic (exact) mass is 412 g/mol. The topological polar surface area (TPSA) is 89.5 Å². The quantitative estimate of drug-likeness (QED) is 0.647. The summed E-state index contributed by atoms with van der Waals surface area (Å²) in [5, 5.41) is 9.84. The highest BCUT2D eigenvalue weighted by molar-refractivity contribution is 5.82. The Morgan fingerprint density at radius 2 is 1.90 bits per heavy atom. The SMILES string of the molecule is CC(C)n1cc2ccc(-c3noc(N4CCN(C(=O)OC(C)(C)C)CC4)n3)cc2n1. The van der Waals surface area contributed by atoms with Crippen molar-refractivity contribution in [2.45, 2.75) is 46.3 Å². The van der Waals surface area contributed by atoms with E-state index in [1.54, 1.807) is 4.90 Å². The average Bonchev–Trinajstić information content (AvgIpc) is 3.33. The second-order valence-electron chi connectivity index (χ2n) is 8.83. The third-order valence-corrected chi connectivity index (χ3v) is 4.93. The molecule has 0 spiro atoms. The number of anilines is 1. The van der Waals surface area contributed by atoms with Gasteiger partial charge in [-0.3, -0.25) is 4.68 Å². The molecule has 0 radical (unpaired) electrons. The van der Waals surface area contributed by atoms with E-state index in [0.717, 1.165) is 16.5 Å². The number of carbonyl (C=O) groups excluding carboxylic acids is 1. The van der Waals surface area contributed by atoms with E-state index in [0.29, 0.717) is 44.1 Å². The fraction of sp³-hybridized carbons (Fsp3) is 0.524. The Morgan fingerprint density at radius 1 is 1.17 bits per heavy atom. The first-order valence-electron chi connectivity index (χ1n) is 10.3. The van der Waals surface area contributed by atoms with Gasteiger partial charge in [0.05, 0.1) is 5.52 Å². The maximum absolute atomic E-state index is 12.2. The number of fused-ring (bicyclic) bond motifs is 1. The molecule has 0 aliphatic carbocycles. The third kappa shape index (κ3) is 4.24. The molecule has 30 heavy (non-hydrogen) atoms. The van der Waals surface area contributed by atoms with Crippen LogP contribution in [-0.2, 0) is 4.74 Å². The normalized spacial score (nSPS) is 15.3. The van der Waals surface area contributed by atoms with Crippen LogP contribution in [0.15, 0.2) is 28.9 Å². The molecule has 0 N–H and O–H groups in total. The summed E-state index contributed by atoms with van der Waals surface area (Å²) in [6, 6.07) is 6.73. The van der Waals surface area contributed by atoms with Crippen molar-refractivity contribution >= 4 is 23.0 Å². The molecule has 160 valence electrons. The summed E-state index contributed by atoms with van der Waals surface area (Å²) in [4.78, 5) is 20.5. The van der Waals surface area contributed by atoms with Gasteiger partial charge in [-0.2, -0.15) is 10.1 Å². The highest BCUT2D eigenvalue weighted by Crippen LogP contribution is 2.25. The van der Waals surface area contributed by atoms with E-state index in [1.165, 1.54) is 0 Å². The van der Waals surface area contributed by atoms with Gasteiger partial charge in [-0.1, -0.05) is 17.3 Å². The lowest BCUT2D eigenvalue weighted by Crippen LogP contribution is -2.50. The van der Waals surface area contributed by atoms with E-state index >= 15 is 0 Å². The second kappa shape index (κ2) is 7.62. The molecule has 0 atom stereocenters. The molecule has 4 rings (SSSR count). The zero-order valence-corrected chi connectivity index (χ0v) is 18.1. The molecule has 0 unspecified atom stereocenters. The number of aromatic nitrogens is 4. The first-order valence-corrected chi connectivity index (χ1v) is 10.3. The molecule has 3 heterocycles. The van der Waals surface area contributed by atoms with Crippen LogP contribution in [0.4, 0.5) is 10.8 Å². The zero-order valence-electron chi connectivity index (χ0n) is 18.1. The van der Waals surface area contributed by atoms with Crippen LogP contribution in [0.1, 0.15) is 40.7 Å². The van der Waals surface area contributed by atoms with Gasteiger partial charge in [0.25, 0.3) is 0 Å². The molecule has 9 heteroatoms. The summed E-state index contributed by atoms with van der Waals surface area (Å²) in [6.45, 7) is 12.1. The van der Waals surface area contributed by atoms with Gasteiger partial charge in [0, 0.05) is 49.4 Å². The van der Waals surface area contributed by atoms with Crippen LogP contribution >= 0.6 is 0 Å². The Hall–Kier alpha value is -3.10. The van der Waals surface area contributed by atoms with Crippen molar-refractivity contribution in [3.63, 3.8) is 0 Å². The second-order valence-corrected chi connectivity index (χ2v) is 8.83. The minimum Gasteiger partial charge on any atom is -0.444 e. The van der Waals surface area contributed by atoms with E-state index < -0.39 is 5.60 Å². The van der Waals surface area contributed by atoms with E-state index in [-0.39, 0.29) is 6.09 Å². The maximum Gasteiger partial charge on any atom is 0.410 e. The number of hydrogen-bond acceptors (Lipinski definition) is 7. The number of nitrogens with zero attached hydrogens (tertiary/aromatic N) is 6. The van der Waals surface area contributed by atoms with Crippen LogP contribution in [0, 0.1) is 0 Å². The largest absolute Gasteiger partial charge is 0.444 e. The lowest BCUT2D eigenvalue weighted by molar-refractivity contribution is 0.0238. The Bertz CT molecular complexity index is 1040. The summed E-state index contributed by atoms with van der Waals surface area (Å²) in [7, 11) is 0. The van der Waals surface area contributed by atoms with Gasteiger partial charge in [0.2, 0.25) is 5.82 Å². The van der Waals surface area contributed by atoms with E-state index in [4.69, 9.17) is 9.26 Å². The molecular weight excluding hydrogens is 384 g/mol. The minimum atomic E-state index is -0.498. The Balaban J connectivity index is 1.43. The first-order chi connectivity index (χ1) is 14.2. The fourth-order valence-electron chi connectivity index (χ4n) is 3.31. The van der Waals surface area contributed by atoms with Gasteiger partial charge in [-0.25, -0.2) is 4.79 Å². The van der Waals surface area contributed by atoms with Crippen molar-refractivity contribution in [2.24, 2.45) is 0 Å². The predicted octanol–water partition coefficient (Wildman–Crippen LogP) is 3.72. The molecule has 2 aromatic heterocycles.